The number of anilines is 1. The number of fused-ring (bicyclic) bond motifs is 1. The topological polar surface area (TPSA) is 73.2 Å². The normalized spacial score (nSPS) is 15.1. The Balaban J connectivity index is 1.61. The molecule has 2 aromatic carbocycles. The molecule has 1 aromatic heterocycles. The van der Waals surface area contributed by atoms with E-state index in [-0.39, 0.29) is 12.5 Å². The molecule has 2 heterocycles. The third-order valence-corrected chi connectivity index (χ3v) is 6.72. The first-order valence-corrected chi connectivity index (χ1v) is 11.5. The Bertz CT molecular complexity index is 1180. The molecular weight excluding hydrogens is 445 g/mol. The monoisotopic (exact) mass is 463 g/mol. The quantitative estimate of drug-likeness (QED) is 0.600. The van der Waals surface area contributed by atoms with Crippen LogP contribution in [-0.4, -0.2) is 26.5 Å². The predicted octanol–water partition coefficient (Wildman–Crippen LogP) is 4.58. The molecule has 0 saturated heterocycles. The standard InChI is InChI=1S/C21H19Cl2N3O3S/c1-12-4-3-5-18(13(12)2)26-21(15-10-30(28)11-17(15)25-26)24-20(27)9-29-19-7-6-14(22)8-16(19)23/h3-8H,9-11H2,1-2H3,(H,24,27). The van der Waals surface area contributed by atoms with E-state index in [2.05, 4.69) is 10.4 Å². The summed E-state index contributed by atoms with van der Waals surface area (Å²) >= 11 is 12.0. The lowest BCUT2D eigenvalue weighted by Crippen LogP contribution is -2.23. The molecule has 3 aromatic rings. The number of carbonyl (C=O) groups excluding carboxylic acids is 1. The highest BCUT2D eigenvalue weighted by molar-refractivity contribution is 7.83. The lowest BCUT2D eigenvalue weighted by Gasteiger charge is -2.14. The van der Waals surface area contributed by atoms with E-state index in [1.165, 1.54) is 0 Å². The van der Waals surface area contributed by atoms with Crippen molar-refractivity contribution in [3.05, 3.63) is 68.8 Å². The van der Waals surface area contributed by atoms with Gasteiger partial charge < -0.3 is 10.1 Å². The van der Waals surface area contributed by atoms with Gasteiger partial charge in [-0.05, 0) is 49.2 Å². The van der Waals surface area contributed by atoms with Gasteiger partial charge in [-0.15, -0.1) is 0 Å². The smallest absolute Gasteiger partial charge is 0.263 e. The third-order valence-electron chi connectivity index (χ3n) is 4.98. The number of ether oxygens (including phenoxy) is 1. The van der Waals surface area contributed by atoms with Gasteiger partial charge in [-0.25, -0.2) is 4.68 Å². The second kappa shape index (κ2) is 8.41. The van der Waals surface area contributed by atoms with E-state index in [0.717, 1.165) is 28.1 Å². The van der Waals surface area contributed by atoms with E-state index in [1.807, 2.05) is 32.0 Å². The maximum absolute atomic E-state index is 12.7. The summed E-state index contributed by atoms with van der Waals surface area (Å²) in [6, 6.07) is 10.7. The Labute approximate surface area is 186 Å². The fourth-order valence-corrected chi connectivity index (χ4v) is 5.03. The first-order valence-electron chi connectivity index (χ1n) is 9.23. The maximum atomic E-state index is 12.7. The average molecular weight is 464 g/mol. The zero-order valence-electron chi connectivity index (χ0n) is 16.4. The van der Waals surface area contributed by atoms with Gasteiger partial charge in [0, 0.05) is 21.4 Å². The van der Waals surface area contributed by atoms with Gasteiger partial charge in [0.05, 0.1) is 27.9 Å². The first kappa shape index (κ1) is 20.9. The van der Waals surface area contributed by atoms with E-state index in [0.29, 0.717) is 33.1 Å². The number of carbonyl (C=O) groups is 1. The number of rotatable bonds is 5. The Morgan fingerprint density at radius 2 is 2.03 bits per heavy atom. The van der Waals surface area contributed by atoms with Crippen LogP contribution in [0.25, 0.3) is 5.69 Å². The van der Waals surface area contributed by atoms with E-state index in [9.17, 15) is 9.00 Å². The number of hydrogen-bond donors (Lipinski definition) is 1. The molecule has 6 nitrogen and oxygen atoms in total. The number of halogens is 2. The van der Waals surface area contributed by atoms with Gasteiger partial charge in [-0.3, -0.25) is 9.00 Å². The van der Waals surface area contributed by atoms with Gasteiger partial charge in [0.1, 0.15) is 11.6 Å². The molecule has 0 fully saturated rings. The predicted molar refractivity (Wildman–Crippen MR) is 119 cm³/mol. The van der Waals surface area contributed by atoms with Crippen molar-refractivity contribution >= 4 is 45.7 Å². The highest BCUT2D eigenvalue weighted by Crippen LogP contribution is 2.33. The van der Waals surface area contributed by atoms with Crippen LogP contribution in [0.2, 0.25) is 10.0 Å². The molecule has 1 unspecified atom stereocenters. The Morgan fingerprint density at radius 3 is 2.80 bits per heavy atom. The fraction of sp³-hybridized carbons (Fsp3) is 0.238. The van der Waals surface area contributed by atoms with Crippen LogP contribution < -0.4 is 10.1 Å². The number of nitrogens with zero attached hydrogens (tertiary/aromatic N) is 2. The summed E-state index contributed by atoms with van der Waals surface area (Å²) in [6.07, 6.45) is 0. The van der Waals surface area contributed by atoms with Gasteiger partial charge in [0.2, 0.25) is 0 Å². The lowest BCUT2D eigenvalue weighted by molar-refractivity contribution is -0.118. The van der Waals surface area contributed by atoms with Crippen LogP contribution in [0.4, 0.5) is 5.82 Å². The Kier molecular flexibility index (Phi) is 5.86. The molecule has 0 saturated carbocycles. The van der Waals surface area contributed by atoms with Crippen molar-refractivity contribution in [1.82, 2.24) is 9.78 Å². The number of hydrogen-bond acceptors (Lipinski definition) is 4. The largest absolute Gasteiger partial charge is 0.482 e. The molecule has 30 heavy (non-hydrogen) atoms. The average Bonchev–Trinajstić information content (AvgIpc) is 3.20. The summed E-state index contributed by atoms with van der Waals surface area (Å²) in [5.41, 5.74) is 4.58. The minimum atomic E-state index is -1.01. The van der Waals surface area contributed by atoms with Gasteiger partial charge in [0.15, 0.2) is 6.61 Å². The molecule has 0 bridgehead atoms. The van der Waals surface area contributed by atoms with Crippen LogP contribution in [-0.2, 0) is 27.1 Å². The van der Waals surface area contributed by atoms with Gasteiger partial charge >= 0.3 is 0 Å². The summed E-state index contributed by atoms with van der Waals surface area (Å²) < 4.78 is 19.3. The molecule has 1 aliphatic rings. The number of aryl methyl sites for hydroxylation is 1. The van der Waals surface area contributed by atoms with Crippen LogP contribution in [0.3, 0.4) is 0 Å². The van der Waals surface area contributed by atoms with Crippen molar-refractivity contribution in [2.75, 3.05) is 11.9 Å². The number of nitrogens with one attached hydrogen (secondary N) is 1. The molecule has 1 N–H and O–H groups in total. The van der Waals surface area contributed by atoms with Crippen molar-refractivity contribution in [2.24, 2.45) is 0 Å². The maximum Gasteiger partial charge on any atom is 0.263 e. The molecule has 0 radical (unpaired) electrons. The van der Waals surface area contributed by atoms with E-state index >= 15 is 0 Å². The van der Waals surface area contributed by atoms with Crippen molar-refractivity contribution in [1.29, 1.82) is 0 Å². The van der Waals surface area contributed by atoms with Crippen LogP contribution in [0.1, 0.15) is 22.4 Å². The van der Waals surface area contributed by atoms with Crippen molar-refractivity contribution in [3.63, 3.8) is 0 Å². The number of aromatic nitrogens is 2. The second-order valence-electron chi connectivity index (χ2n) is 7.04. The first-order chi connectivity index (χ1) is 14.3. The molecule has 1 amide bonds. The molecular formula is C21H19Cl2N3O3S. The van der Waals surface area contributed by atoms with Crippen LogP contribution >= 0.6 is 23.2 Å². The molecule has 4 rings (SSSR count). The highest BCUT2D eigenvalue weighted by atomic mass is 35.5. The van der Waals surface area contributed by atoms with Crippen molar-refractivity contribution in [2.45, 2.75) is 25.4 Å². The summed E-state index contributed by atoms with van der Waals surface area (Å²) in [5.74, 6) is 1.27. The highest BCUT2D eigenvalue weighted by Gasteiger charge is 2.29. The second-order valence-corrected chi connectivity index (χ2v) is 9.35. The van der Waals surface area contributed by atoms with Crippen LogP contribution in [0, 0.1) is 13.8 Å². The van der Waals surface area contributed by atoms with Gasteiger partial charge in [-0.1, -0.05) is 35.3 Å². The van der Waals surface area contributed by atoms with Crippen molar-refractivity contribution < 1.29 is 13.7 Å². The summed E-state index contributed by atoms with van der Waals surface area (Å²) in [5, 5.41) is 8.34. The van der Waals surface area contributed by atoms with E-state index < -0.39 is 10.8 Å². The molecule has 156 valence electrons. The molecule has 1 atom stereocenters. The minimum Gasteiger partial charge on any atom is -0.482 e. The summed E-state index contributed by atoms with van der Waals surface area (Å²) in [4.78, 5) is 12.7. The summed E-state index contributed by atoms with van der Waals surface area (Å²) in [7, 11) is -1.01. The van der Waals surface area contributed by atoms with Crippen molar-refractivity contribution in [3.8, 4) is 11.4 Å². The van der Waals surface area contributed by atoms with Gasteiger partial charge in [-0.2, -0.15) is 5.10 Å². The number of benzene rings is 2. The SMILES string of the molecule is Cc1cccc(-n2nc3c(c2NC(=O)COc2ccc(Cl)cc2Cl)CS(=O)C3)c1C. The fourth-order valence-electron chi connectivity index (χ4n) is 3.30. The zero-order valence-corrected chi connectivity index (χ0v) is 18.7. The summed E-state index contributed by atoms with van der Waals surface area (Å²) in [6.45, 7) is 3.79. The van der Waals surface area contributed by atoms with E-state index in [1.54, 1.807) is 22.9 Å². The number of amides is 1. The molecule has 0 aliphatic carbocycles. The Hall–Kier alpha value is -2.35. The van der Waals surface area contributed by atoms with Crippen LogP contribution in [0.5, 0.6) is 5.75 Å². The van der Waals surface area contributed by atoms with Crippen LogP contribution in [0.15, 0.2) is 36.4 Å². The molecule has 9 heteroatoms. The molecule has 1 aliphatic heterocycles. The minimum absolute atomic E-state index is 0.239. The Morgan fingerprint density at radius 1 is 1.23 bits per heavy atom. The zero-order chi connectivity index (χ0) is 21.4. The van der Waals surface area contributed by atoms with E-state index in [4.69, 9.17) is 27.9 Å². The van der Waals surface area contributed by atoms with Gasteiger partial charge in [0.25, 0.3) is 5.91 Å². The lowest BCUT2D eigenvalue weighted by atomic mass is 10.1. The third kappa shape index (κ3) is 4.10. The molecule has 0 spiro atoms.